The lowest BCUT2D eigenvalue weighted by Crippen LogP contribution is -2.28. The minimum atomic E-state index is -2.98. The number of nitrogens with zero attached hydrogens (tertiary/aromatic N) is 1. The molecule has 1 amide bonds. The number of fused-ring (bicyclic) bond motifs is 1. The van der Waals surface area contributed by atoms with Crippen molar-refractivity contribution in [1.82, 2.24) is 0 Å². The zero-order valence-corrected chi connectivity index (χ0v) is 11.0. The van der Waals surface area contributed by atoms with Crippen LogP contribution in [0, 0.1) is 0 Å². The standard InChI is InChI=1S/C12H16N2O3S/c1-18(16,17)6-2-5-14-11-4-3-10(13)7-9(11)8-12(14)15/h3-4,7H,2,5-6,8,13H2,1H3. The number of benzene rings is 1. The molecular formula is C12H16N2O3S. The average Bonchev–Trinajstić information content (AvgIpc) is 2.52. The molecule has 5 nitrogen and oxygen atoms in total. The molecule has 1 aliphatic rings. The van der Waals surface area contributed by atoms with Crippen molar-refractivity contribution in [3.63, 3.8) is 0 Å². The van der Waals surface area contributed by atoms with Crippen LogP contribution in [0.1, 0.15) is 12.0 Å². The second-order valence-corrected chi connectivity index (χ2v) is 6.85. The van der Waals surface area contributed by atoms with E-state index in [-0.39, 0.29) is 11.7 Å². The highest BCUT2D eigenvalue weighted by Gasteiger charge is 2.26. The van der Waals surface area contributed by atoms with Crippen LogP contribution in [-0.4, -0.2) is 32.9 Å². The second kappa shape index (κ2) is 4.61. The van der Waals surface area contributed by atoms with Gasteiger partial charge in [-0.15, -0.1) is 0 Å². The Morgan fingerprint density at radius 1 is 1.39 bits per heavy atom. The molecular weight excluding hydrogens is 252 g/mol. The van der Waals surface area contributed by atoms with Crippen LogP contribution in [0.2, 0.25) is 0 Å². The van der Waals surface area contributed by atoms with Crippen LogP contribution in [0.3, 0.4) is 0 Å². The fourth-order valence-corrected chi connectivity index (χ4v) is 2.79. The fourth-order valence-electron chi connectivity index (χ4n) is 2.13. The molecule has 2 N–H and O–H groups in total. The Bertz CT molecular complexity index is 581. The van der Waals surface area contributed by atoms with Crippen LogP contribution in [0.4, 0.5) is 11.4 Å². The summed E-state index contributed by atoms with van der Waals surface area (Å²) in [6.45, 7) is 0.433. The van der Waals surface area contributed by atoms with E-state index in [0.717, 1.165) is 11.3 Å². The van der Waals surface area contributed by atoms with Crippen molar-refractivity contribution < 1.29 is 13.2 Å². The summed E-state index contributed by atoms with van der Waals surface area (Å²) in [6, 6.07) is 5.36. The van der Waals surface area contributed by atoms with Gasteiger partial charge in [0.1, 0.15) is 9.84 Å². The van der Waals surface area contributed by atoms with E-state index in [2.05, 4.69) is 0 Å². The molecule has 0 aliphatic carbocycles. The monoisotopic (exact) mass is 268 g/mol. The molecule has 0 spiro atoms. The van der Waals surface area contributed by atoms with Gasteiger partial charge in [0.05, 0.1) is 12.2 Å². The Kier molecular flexibility index (Phi) is 3.30. The number of hydrogen-bond donors (Lipinski definition) is 1. The van der Waals surface area contributed by atoms with Crippen molar-refractivity contribution in [3.8, 4) is 0 Å². The SMILES string of the molecule is CS(=O)(=O)CCCN1C(=O)Cc2cc(N)ccc21. The van der Waals surface area contributed by atoms with Gasteiger partial charge in [-0.1, -0.05) is 0 Å². The Balaban J connectivity index is 2.09. The topological polar surface area (TPSA) is 80.5 Å². The van der Waals surface area contributed by atoms with Crippen molar-refractivity contribution in [2.24, 2.45) is 0 Å². The zero-order valence-electron chi connectivity index (χ0n) is 10.2. The first kappa shape index (κ1) is 12.9. The highest BCUT2D eigenvalue weighted by Crippen LogP contribution is 2.30. The Labute approximate surface area is 107 Å². The second-order valence-electron chi connectivity index (χ2n) is 4.59. The Hall–Kier alpha value is -1.56. The number of anilines is 2. The highest BCUT2D eigenvalue weighted by molar-refractivity contribution is 7.90. The van der Waals surface area contributed by atoms with Gasteiger partial charge in [0.15, 0.2) is 0 Å². The van der Waals surface area contributed by atoms with Gasteiger partial charge in [-0.3, -0.25) is 4.79 Å². The van der Waals surface area contributed by atoms with Crippen LogP contribution in [0.25, 0.3) is 0 Å². The smallest absolute Gasteiger partial charge is 0.231 e. The number of nitrogen functional groups attached to an aromatic ring is 1. The fraction of sp³-hybridized carbons (Fsp3) is 0.417. The van der Waals surface area contributed by atoms with Crippen molar-refractivity contribution >= 4 is 27.1 Å². The Morgan fingerprint density at radius 2 is 2.11 bits per heavy atom. The molecule has 0 atom stereocenters. The molecule has 0 unspecified atom stereocenters. The van der Waals surface area contributed by atoms with Gasteiger partial charge < -0.3 is 10.6 Å². The maximum Gasteiger partial charge on any atom is 0.231 e. The molecule has 1 aromatic rings. The average molecular weight is 268 g/mol. The highest BCUT2D eigenvalue weighted by atomic mass is 32.2. The van der Waals surface area contributed by atoms with Gasteiger partial charge in [-0.25, -0.2) is 8.42 Å². The number of nitrogens with two attached hydrogens (primary N) is 1. The quantitative estimate of drug-likeness (QED) is 0.811. The minimum absolute atomic E-state index is 0.00380. The lowest BCUT2D eigenvalue weighted by atomic mass is 10.1. The van der Waals surface area contributed by atoms with E-state index in [9.17, 15) is 13.2 Å². The number of sulfone groups is 1. The molecule has 0 radical (unpaired) electrons. The van der Waals surface area contributed by atoms with Crippen LogP contribution in [-0.2, 0) is 21.1 Å². The number of rotatable bonds is 4. The maximum atomic E-state index is 11.8. The molecule has 1 aromatic carbocycles. The van der Waals surface area contributed by atoms with Gasteiger partial charge in [-0.05, 0) is 30.2 Å². The summed E-state index contributed by atoms with van der Waals surface area (Å²) in [5.74, 6) is 0.102. The predicted octanol–water partition coefficient (Wildman–Crippen LogP) is 0.593. The molecule has 0 aromatic heterocycles. The van der Waals surface area contributed by atoms with Gasteiger partial charge in [-0.2, -0.15) is 0 Å². The van der Waals surface area contributed by atoms with Gasteiger partial charge in [0, 0.05) is 24.2 Å². The molecule has 2 rings (SSSR count). The lowest BCUT2D eigenvalue weighted by Gasteiger charge is -2.17. The van der Waals surface area contributed by atoms with Crippen molar-refractivity contribution in [1.29, 1.82) is 0 Å². The van der Waals surface area contributed by atoms with Gasteiger partial charge >= 0.3 is 0 Å². The maximum absolute atomic E-state index is 11.8. The molecule has 0 bridgehead atoms. The zero-order chi connectivity index (χ0) is 13.3. The van der Waals surface area contributed by atoms with Gasteiger partial charge in [0.25, 0.3) is 0 Å². The predicted molar refractivity (Wildman–Crippen MR) is 71.2 cm³/mol. The molecule has 0 fully saturated rings. The van der Waals surface area contributed by atoms with E-state index in [1.165, 1.54) is 6.26 Å². The molecule has 0 saturated carbocycles. The van der Waals surface area contributed by atoms with E-state index in [4.69, 9.17) is 5.73 Å². The number of amides is 1. The normalized spacial score (nSPS) is 14.9. The third-order valence-electron chi connectivity index (χ3n) is 2.93. The summed E-state index contributed by atoms with van der Waals surface area (Å²) in [6.07, 6.45) is 2.00. The van der Waals surface area contributed by atoms with E-state index in [1.807, 2.05) is 6.07 Å². The summed E-state index contributed by atoms with van der Waals surface area (Å²) < 4.78 is 22.1. The number of hydrogen-bond acceptors (Lipinski definition) is 4. The molecule has 98 valence electrons. The molecule has 18 heavy (non-hydrogen) atoms. The molecule has 6 heteroatoms. The summed E-state index contributed by atoms with van der Waals surface area (Å²) in [5.41, 5.74) is 8.07. The van der Waals surface area contributed by atoms with E-state index >= 15 is 0 Å². The third kappa shape index (κ3) is 2.81. The number of carbonyl (C=O) groups is 1. The number of carbonyl (C=O) groups excluding carboxylic acids is 1. The van der Waals surface area contributed by atoms with Crippen LogP contribution >= 0.6 is 0 Å². The van der Waals surface area contributed by atoms with E-state index in [1.54, 1.807) is 17.0 Å². The van der Waals surface area contributed by atoms with E-state index in [0.29, 0.717) is 25.1 Å². The first-order valence-corrected chi connectivity index (χ1v) is 7.79. The first-order valence-electron chi connectivity index (χ1n) is 5.73. The van der Waals surface area contributed by atoms with Crippen LogP contribution in [0.15, 0.2) is 18.2 Å². The molecule has 0 saturated heterocycles. The first-order chi connectivity index (χ1) is 8.37. The molecule has 1 aliphatic heterocycles. The summed E-state index contributed by atoms with van der Waals surface area (Å²) >= 11 is 0. The van der Waals surface area contributed by atoms with Crippen molar-refractivity contribution in [2.45, 2.75) is 12.8 Å². The molecule has 1 heterocycles. The lowest BCUT2D eigenvalue weighted by molar-refractivity contribution is -0.117. The van der Waals surface area contributed by atoms with E-state index < -0.39 is 9.84 Å². The largest absolute Gasteiger partial charge is 0.399 e. The summed E-state index contributed by atoms with van der Waals surface area (Å²) in [7, 11) is -2.98. The van der Waals surface area contributed by atoms with Gasteiger partial charge in [0.2, 0.25) is 5.91 Å². The van der Waals surface area contributed by atoms with Crippen LogP contribution < -0.4 is 10.6 Å². The summed E-state index contributed by atoms with van der Waals surface area (Å²) in [5, 5.41) is 0. The summed E-state index contributed by atoms with van der Waals surface area (Å²) in [4.78, 5) is 13.5. The van der Waals surface area contributed by atoms with Crippen molar-refractivity contribution in [2.75, 3.05) is 29.2 Å². The third-order valence-corrected chi connectivity index (χ3v) is 3.96. The van der Waals surface area contributed by atoms with Crippen molar-refractivity contribution in [3.05, 3.63) is 23.8 Å². The minimum Gasteiger partial charge on any atom is -0.399 e. The Morgan fingerprint density at radius 3 is 2.78 bits per heavy atom. The van der Waals surface area contributed by atoms with Crippen LogP contribution in [0.5, 0.6) is 0 Å².